The zero-order valence-electron chi connectivity index (χ0n) is 14.4. The number of amides is 1. The monoisotopic (exact) mass is 332 g/mol. The Bertz CT molecular complexity index is 791. The van der Waals surface area contributed by atoms with Crippen LogP contribution in [0.15, 0.2) is 30.3 Å². The molecule has 0 aliphatic heterocycles. The van der Waals surface area contributed by atoms with E-state index in [-0.39, 0.29) is 11.7 Å². The Morgan fingerprint density at radius 1 is 1.17 bits per heavy atom. The molecular weight excluding hydrogens is 311 g/mol. The molecule has 0 unspecified atom stereocenters. The minimum absolute atomic E-state index is 0.333. The second-order valence-electron chi connectivity index (χ2n) is 6.32. The van der Waals surface area contributed by atoms with Crippen LogP contribution in [0.2, 0.25) is 0 Å². The quantitative estimate of drug-likeness (QED) is 0.935. The maximum atomic E-state index is 13.1. The molecule has 0 radical (unpaired) electrons. The van der Waals surface area contributed by atoms with Gasteiger partial charge in [0.15, 0.2) is 0 Å². The van der Waals surface area contributed by atoms with Gasteiger partial charge >= 0.3 is 5.97 Å². The van der Waals surface area contributed by atoms with Gasteiger partial charge in [0.05, 0.1) is 5.56 Å². The minimum Gasteiger partial charge on any atom is -0.480 e. The lowest BCUT2D eigenvalue weighted by Gasteiger charge is -2.31. The smallest absolute Gasteiger partial charge is 0.329 e. The number of benzene rings is 1. The molecule has 0 aliphatic carbocycles. The highest BCUT2D eigenvalue weighted by Crippen LogP contribution is 2.24. The number of carboxylic acid groups (broad SMARTS) is 1. The number of aromatic nitrogens is 1. The van der Waals surface area contributed by atoms with Gasteiger partial charge in [0, 0.05) is 24.1 Å². The Hall–Kier alpha value is -2.63. The highest BCUT2D eigenvalue weighted by atomic mass is 19.1. The number of hydrogen-bond donors (Lipinski definition) is 1. The number of aryl methyl sites for hydroxylation is 1. The summed E-state index contributed by atoms with van der Waals surface area (Å²) in [4.78, 5) is 25.3. The summed E-state index contributed by atoms with van der Waals surface area (Å²) in [5, 5.41) is 9.31. The van der Waals surface area contributed by atoms with Crippen molar-refractivity contribution in [3.05, 3.63) is 53.1 Å². The molecule has 0 saturated heterocycles. The first-order valence-electron chi connectivity index (χ1n) is 7.53. The van der Waals surface area contributed by atoms with Crippen LogP contribution in [-0.2, 0) is 4.79 Å². The van der Waals surface area contributed by atoms with Crippen LogP contribution in [0.5, 0.6) is 0 Å². The van der Waals surface area contributed by atoms with E-state index in [0.717, 1.165) is 11.4 Å². The number of likely N-dealkylation sites (N-methyl/N-ethyl adjacent to an activating group) is 1. The first-order valence-corrected chi connectivity index (χ1v) is 7.53. The summed E-state index contributed by atoms with van der Waals surface area (Å²) in [5.74, 6) is -1.78. The van der Waals surface area contributed by atoms with Gasteiger partial charge in [-0.2, -0.15) is 0 Å². The van der Waals surface area contributed by atoms with Gasteiger partial charge in [0.1, 0.15) is 11.4 Å². The van der Waals surface area contributed by atoms with Crippen molar-refractivity contribution < 1.29 is 19.1 Å². The molecule has 1 amide bonds. The van der Waals surface area contributed by atoms with E-state index in [4.69, 9.17) is 0 Å². The average molecular weight is 332 g/mol. The van der Waals surface area contributed by atoms with E-state index >= 15 is 0 Å². The summed E-state index contributed by atoms with van der Waals surface area (Å²) >= 11 is 0. The lowest BCUT2D eigenvalue weighted by Crippen LogP contribution is -2.50. The van der Waals surface area contributed by atoms with Gasteiger partial charge in [-0.15, -0.1) is 0 Å². The van der Waals surface area contributed by atoms with Crippen molar-refractivity contribution in [3.8, 4) is 5.69 Å². The fourth-order valence-corrected chi connectivity index (χ4v) is 2.54. The Balaban J connectivity index is 2.47. The van der Waals surface area contributed by atoms with E-state index < -0.39 is 11.5 Å². The molecule has 2 rings (SSSR count). The van der Waals surface area contributed by atoms with Crippen LogP contribution < -0.4 is 0 Å². The maximum Gasteiger partial charge on any atom is 0.329 e. The summed E-state index contributed by atoms with van der Waals surface area (Å²) in [6.45, 7) is 6.58. The van der Waals surface area contributed by atoms with Crippen molar-refractivity contribution in [2.45, 2.75) is 33.2 Å². The Labute approximate surface area is 140 Å². The lowest BCUT2D eigenvalue weighted by molar-refractivity contribution is -0.147. The summed E-state index contributed by atoms with van der Waals surface area (Å²) in [7, 11) is 1.47. The molecule has 1 heterocycles. The van der Waals surface area contributed by atoms with Crippen molar-refractivity contribution >= 4 is 11.9 Å². The SMILES string of the molecule is Cc1cc(C(=O)N(C)C(C)(C)C(=O)O)c(C)n1-c1ccc(F)cc1. The molecule has 2 aromatic rings. The first-order chi connectivity index (χ1) is 11.1. The highest BCUT2D eigenvalue weighted by molar-refractivity contribution is 5.98. The number of aliphatic carboxylic acids is 1. The summed E-state index contributed by atoms with van der Waals surface area (Å²) in [5.41, 5.74) is 1.33. The van der Waals surface area contributed by atoms with Crippen molar-refractivity contribution in [1.29, 1.82) is 0 Å². The zero-order valence-corrected chi connectivity index (χ0v) is 14.4. The van der Waals surface area contributed by atoms with Crippen LogP contribution in [0.1, 0.15) is 35.6 Å². The lowest BCUT2D eigenvalue weighted by atomic mass is 10.0. The molecule has 0 saturated carbocycles. The molecule has 0 atom stereocenters. The van der Waals surface area contributed by atoms with E-state index in [1.807, 2.05) is 11.5 Å². The van der Waals surface area contributed by atoms with E-state index in [0.29, 0.717) is 11.3 Å². The number of hydrogen-bond acceptors (Lipinski definition) is 2. The highest BCUT2D eigenvalue weighted by Gasteiger charge is 2.36. The maximum absolute atomic E-state index is 13.1. The molecule has 1 aromatic carbocycles. The topological polar surface area (TPSA) is 62.5 Å². The molecule has 0 aliphatic rings. The second kappa shape index (κ2) is 6.11. The van der Waals surface area contributed by atoms with Crippen LogP contribution in [0.4, 0.5) is 4.39 Å². The van der Waals surface area contributed by atoms with Crippen molar-refractivity contribution in [3.63, 3.8) is 0 Å². The van der Waals surface area contributed by atoms with Gasteiger partial charge in [-0.1, -0.05) is 0 Å². The molecule has 5 nitrogen and oxygen atoms in total. The van der Waals surface area contributed by atoms with Gasteiger partial charge in [-0.05, 0) is 58.0 Å². The molecule has 1 aromatic heterocycles. The molecular formula is C18H21FN2O3. The van der Waals surface area contributed by atoms with Crippen LogP contribution in [0, 0.1) is 19.7 Å². The van der Waals surface area contributed by atoms with Gasteiger partial charge < -0.3 is 14.6 Å². The predicted molar refractivity (Wildman–Crippen MR) is 89.0 cm³/mol. The molecule has 6 heteroatoms. The standard InChI is InChI=1S/C18H21FN2O3/c1-11-10-15(16(22)20(5)18(3,4)17(23)24)12(2)21(11)14-8-6-13(19)7-9-14/h6-10H,1-5H3,(H,23,24). The third-order valence-corrected chi connectivity index (χ3v) is 4.41. The molecule has 24 heavy (non-hydrogen) atoms. The van der Waals surface area contributed by atoms with Gasteiger partial charge in [0.2, 0.25) is 0 Å². The summed E-state index contributed by atoms with van der Waals surface area (Å²) in [6.07, 6.45) is 0. The number of carbonyl (C=O) groups is 2. The van der Waals surface area contributed by atoms with E-state index in [1.165, 1.54) is 37.9 Å². The number of nitrogens with zero attached hydrogens (tertiary/aromatic N) is 2. The van der Waals surface area contributed by atoms with Gasteiger partial charge in [0.25, 0.3) is 5.91 Å². The van der Waals surface area contributed by atoms with Crippen LogP contribution in [-0.4, -0.2) is 39.0 Å². The van der Waals surface area contributed by atoms with Crippen molar-refractivity contribution in [2.24, 2.45) is 0 Å². The molecule has 0 spiro atoms. The first kappa shape index (κ1) is 17.7. The van der Waals surface area contributed by atoms with E-state index in [9.17, 15) is 19.1 Å². The fourth-order valence-electron chi connectivity index (χ4n) is 2.54. The fraction of sp³-hybridized carbons (Fsp3) is 0.333. The zero-order chi connectivity index (χ0) is 18.2. The van der Waals surface area contributed by atoms with Crippen LogP contribution in [0.25, 0.3) is 5.69 Å². The molecule has 0 bridgehead atoms. The number of halogens is 1. The van der Waals surface area contributed by atoms with Crippen LogP contribution in [0.3, 0.4) is 0 Å². The van der Waals surface area contributed by atoms with E-state index in [2.05, 4.69) is 0 Å². The third-order valence-electron chi connectivity index (χ3n) is 4.41. The average Bonchev–Trinajstić information content (AvgIpc) is 2.81. The largest absolute Gasteiger partial charge is 0.480 e. The summed E-state index contributed by atoms with van der Waals surface area (Å²) < 4.78 is 15.0. The van der Waals surface area contributed by atoms with E-state index in [1.54, 1.807) is 25.1 Å². The number of carbonyl (C=O) groups excluding carboxylic acids is 1. The Morgan fingerprint density at radius 3 is 2.21 bits per heavy atom. The second-order valence-corrected chi connectivity index (χ2v) is 6.32. The number of rotatable bonds is 4. The molecule has 128 valence electrons. The summed E-state index contributed by atoms with van der Waals surface area (Å²) in [6, 6.07) is 7.70. The Kier molecular flexibility index (Phi) is 4.51. The Morgan fingerprint density at radius 2 is 1.71 bits per heavy atom. The molecule has 0 fully saturated rings. The normalized spacial score (nSPS) is 11.4. The minimum atomic E-state index is -1.32. The number of carboxylic acids is 1. The van der Waals surface area contributed by atoms with Crippen molar-refractivity contribution in [1.82, 2.24) is 9.47 Å². The predicted octanol–water partition coefficient (Wildman–Crippen LogP) is 3.17. The van der Waals surface area contributed by atoms with Gasteiger partial charge in [-0.25, -0.2) is 9.18 Å². The van der Waals surface area contributed by atoms with Crippen LogP contribution >= 0.6 is 0 Å². The van der Waals surface area contributed by atoms with Crippen molar-refractivity contribution in [2.75, 3.05) is 7.05 Å². The molecule has 1 N–H and O–H groups in total. The van der Waals surface area contributed by atoms with Gasteiger partial charge in [-0.3, -0.25) is 4.79 Å². The third kappa shape index (κ3) is 2.91.